The van der Waals surface area contributed by atoms with Crippen LogP contribution in [0.4, 0.5) is 0 Å². The van der Waals surface area contributed by atoms with Crippen molar-refractivity contribution in [1.29, 1.82) is 0 Å². The average Bonchev–Trinajstić information content (AvgIpc) is 3.50. The number of hydrogen-bond donors (Lipinski definition) is 0. The summed E-state index contributed by atoms with van der Waals surface area (Å²) in [6.45, 7) is 0. The molecule has 0 radical (unpaired) electrons. The van der Waals surface area contributed by atoms with E-state index < -0.39 is 5.41 Å². The first-order valence-corrected chi connectivity index (χ1v) is 16.6. The quantitative estimate of drug-likeness (QED) is 0.156. The summed E-state index contributed by atoms with van der Waals surface area (Å²) in [5, 5.41) is 0. The molecular weight excluding hydrogens is 788 g/mol. The maximum Gasteiger partial charge on any atom is 2.00 e. The maximum atomic E-state index is 4.91. The van der Waals surface area contributed by atoms with E-state index in [-0.39, 0.29) is 21.1 Å². The molecule has 2 heterocycles. The van der Waals surface area contributed by atoms with Crippen molar-refractivity contribution >= 4 is 0 Å². The van der Waals surface area contributed by atoms with Crippen molar-refractivity contribution in [3.05, 3.63) is 217 Å². The molecule has 0 amide bonds. The third kappa shape index (κ3) is 5.34. The molecule has 0 aliphatic heterocycles. The van der Waals surface area contributed by atoms with Crippen molar-refractivity contribution in [1.82, 2.24) is 9.97 Å². The minimum Gasteiger partial charge on any atom is -0.304 e. The van der Waals surface area contributed by atoms with Gasteiger partial charge in [-0.25, -0.2) is 0 Å². The van der Waals surface area contributed by atoms with Gasteiger partial charge in [0.2, 0.25) is 0 Å². The largest absolute Gasteiger partial charge is 2.00 e. The predicted molar refractivity (Wildman–Crippen MR) is 199 cm³/mol. The van der Waals surface area contributed by atoms with Crippen molar-refractivity contribution in [3.63, 3.8) is 0 Å². The summed E-state index contributed by atoms with van der Waals surface area (Å²) in [6, 6.07) is 67.3. The molecule has 0 spiro atoms. The monoisotopic (exact) mass is 817 g/mol. The number of fused-ring (bicyclic) bond motifs is 3. The SMILES string of the molecule is [Pt+2].[c-]1c(-c2ccc(-c3ccccc3)cn2)cccc1C1(c2[c-]c(-c3ccc(-c4ccccc4)cn3)ccc2)c2ccccc2-c2ccccc21. The molecule has 6 aromatic carbocycles. The van der Waals surface area contributed by atoms with Gasteiger partial charge in [0.1, 0.15) is 0 Å². The van der Waals surface area contributed by atoms with Gasteiger partial charge in [0.15, 0.2) is 0 Å². The van der Waals surface area contributed by atoms with E-state index in [0.717, 1.165) is 55.9 Å². The van der Waals surface area contributed by atoms with Crippen LogP contribution in [0.5, 0.6) is 0 Å². The second-order valence-electron chi connectivity index (χ2n) is 12.4. The molecule has 0 bridgehead atoms. The molecular formula is C47H30N2Pt. The van der Waals surface area contributed by atoms with Crippen LogP contribution in [-0.4, -0.2) is 9.97 Å². The van der Waals surface area contributed by atoms with Gasteiger partial charge in [0.05, 0.1) is 0 Å². The molecule has 0 atom stereocenters. The summed E-state index contributed by atoms with van der Waals surface area (Å²) >= 11 is 0. The van der Waals surface area contributed by atoms with Crippen molar-refractivity contribution in [2.24, 2.45) is 0 Å². The van der Waals surface area contributed by atoms with Crippen LogP contribution < -0.4 is 0 Å². The van der Waals surface area contributed by atoms with Gasteiger partial charge in [-0.15, -0.1) is 70.8 Å². The van der Waals surface area contributed by atoms with Crippen molar-refractivity contribution in [3.8, 4) is 55.9 Å². The summed E-state index contributed by atoms with van der Waals surface area (Å²) < 4.78 is 0. The smallest absolute Gasteiger partial charge is 0.304 e. The van der Waals surface area contributed by atoms with E-state index in [9.17, 15) is 0 Å². The number of benzene rings is 6. The zero-order valence-electron chi connectivity index (χ0n) is 27.0. The molecule has 1 aliphatic carbocycles. The van der Waals surface area contributed by atoms with E-state index in [4.69, 9.17) is 9.97 Å². The fourth-order valence-corrected chi connectivity index (χ4v) is 7.34. The van der Waals surface area contributed by atoms with E-state index in [0.29, 0.717) is 0 Å². The Kier molecular flexibility index (Phi) is 8.41. The Labute approximate surface area is 307 Å². The van der Waals surface area contributed by atoms with Crippen LogP contribution in [-0.2, 0) is 26.5 Å². The summed E-state index contributed by atoms with van der Waals surface area (Å²) in [5.74, 6) is 0. The van der Waals surface area contributed by atoms with Crippen LogP contribution in [0.15, 0.2) is 182 Å². The van der Waals surface area contributed by atoms with Gasteiger partial charge in [-0.3, -0.25) is 0 Å². The van der Waals surface area contributed by atoms with E-state index in [2.05, 4.69) is 170 Å². The first-order chi connectivity index (χ1) is 24.3. The number of rotatable bonds is 6. The fourth-order valence-electron chi connectivity index (χ4n) is 7.34. The molecule has 0 saturated heterocycles. The zero-order chi connectivity index (χ0) is 32.6. The van der Waals surface area contributed by atoms with Gasteiger partial charge in [-0.2, -0.15) is 0 Å². The average molecular weight is 818 g/mol. The van der Waals surface area contributed by atoms with Crippen LogP contribution in [0.3, 0.4) is 0 Å². The fraction of sp³-hybridized carbons (Fsp3) is 0.0213. The molecule has 0 fully saturated rings. The second-order valence-corrected chi connectivity index (χ2v) is 12.4. The molecule has 8 aromatic rings. The minimum absolute atomic E-state index is 0. The molecule has 2 aromatic heterocycles. The van der Waals surface area contributed by atoms with Gasteiger partial charge in [-0.1, -0.05) is 133 Å². The Morgan fingerprint density at radius 2 is 0.780 bits per heavy atom. The molecule has 3 heteroatoms. The molecule has 9 rings (SSSR count). The number of hydrogen-bond acceptors (Lipinski definition) is 2. The Bertz CT molecular complexity index is 2240. The normalized spacial score (nSPS) is 12.4. The second kappa shape index (κ2) is 13.3. The molecule has 238 valence electrons. The Balaban J connectivity index is 0.00000361. The predicted octanol–water partition coefficient (Wildman–Crippen LogP) is 11.1. The third-order valence-electron chi connectivity index (χ3n) is 9.64. The Morgan fingerprint density at radius 1 is 0.360 bits per heavy atom. The Morgan fingerprint density at radius 3 is 1.20 bits per heavy atom. The van der Waals surface area contributed by atoms with Gasteiger partial charge >= 0.3 is 21.1 Å². The van der Waals surface area contributed by atoms with Gasteiger partial charge < -0.3 is 9.97 Å². The number of pyridine rings is 2. The molecule has 2 nitrogen and oxygen atoms in total. The molecule has 0 unspecified atom stereocenters. The van der Waals surface area contributed by atoms with E-state index in [1.807, 2.05) is 24.5 Å². The number of nitrogens with zero attached hydrogens (tertiary/aromatic N) is 2. The van der Waals surface area contributed by atoms with Crippen LogP contribution >= 0.6 is 0 Å². The summed E-state index contributed by atoms with van der Waals surface area (Å²) in [4.78, 5) is 9.83. The van der Waals surface area contributed by atoms with Crippen molar-refractivity contribution in [2.75, 3.05) is 0 Å². The van der Waals surface area contributed by atoms with Crippen LogP contribution in [0.2, 0.25) is 0 Å². The third-order valence-corrected chi connectivity index (χ3v) is 9.64. The molecule has 0 N–H and O–H groups in total. The van der Waals surface area contributed by atoms with E-state index >= 15 is 0 Å². The molecule has 0 saturated carbocycles. The number of aromatic nitrogens is 2. The van der Waals surface area contributed by atoms with Crippen molar-refractivity contribution < 1.29 is 21.1 Å². The Hall–Kier alpha value is -5.69. The standard InChI is InChI=1S/C47H30N2.Pt/c1-3-13-33(14-4-1)37-25-27-45(48-31-37)35-17-11-19-39(29-35)47(43-23-9-7-21-41(43)42-22-8-10-24-44(42)47)40-20-12-18-36(30-40)46-28-26-38(32-49-46)34-15-5-2-6-16-34;/h1-28,31-32H;/q-2;+2. The minimum atomic E-state index is -0.646. The topological polar surface area (TPSA) is 25.8 Å². The van der Waals surface area contributed by atoms with Gasteiger partial charge in [0, 0.05) is 17.8 Å². The van der Waals surface area contributed by atoms with E-state index in [1.165, 1.54) is 22.3 Å². The van der Waals surface area contributed by atoms with Gasteiger partial charge in [-0.05, 0) is 55.9 Å². The molecule has 1 aliphatic rings. The summed E-state index contributed by atoms with van der Waals surface area (Å²) in [5.41, 5.74) is 14.5. The summed E-state index contributed by atoms with van der Waals surface area (Å²) in [7, 11) is 0. The van der Waals surface area contributed by atoms with Crippen LogP contribution in [0.25, 0.3) is 55.9 Å². The van der Waals surface area contributed by atoms with Crippen LogP contribution in [0, 0.1) is 12.1 Å². The zero-order valence-corrected chi connectivity index (χ0v) is 29.3. The van der Waals surface area contributed by atoms with E-state index in [1.54, 1.807) is 0 Å². The molecule has 50 heavy (non-hydrogen) atoms. The van der Waals surface area contributed by atoms with Crippen molar-refractivity contribution in [2.45, 2.75) is 5.41 Å². The first kappa shape index (κ1) is 31.6. The summed E-state index contributed by atoms with van der Waals surface area (Å²) in [6.07, 6.45) is 3.91. The first-order valence-electron chi connectivity index (χ1n) is 16.6. The van der Waals surface area contributed by atoms with Crippen LogP contribution in [0.1, 0.15) is 22.3 Å². The van der Waals surface area contributed by atoms with Gasteiger partial charge in [0.25, 0.3) is 0 Å². The maximum absolute atomic E-state index is 4.91.